The standard InChI is InChI=1S/C40H40GeN2S/c1-25(2)32-22-29(27-13-9-8-10-14-27)23-33(26(3)4)39(32)43-36-16-12-11-15-35(36)42-40(43)28-17-20-37-34(21-28)31-19-18-30(41(5,6)7)24-38(31)44-37/h8-26H,1-7H3. The third-order valence-electron chi connectivity index (χ3n) is 8.90. The van der Waals surface area contributed by atoms with Crippen molar-refractivity contribution in [3.8, 4) is 28.2 Å². The third-order valence-corrected chi connectivity index (χ3v) is 14.3. The van der Waals surface area contributed by atoms with E-state index in [-0.39, 0.29) is 0 Å². The van der Waals surface area contributed by atoms with Crippen LogP contribution >= 0.6 is 11.3 Å². The Kier molecular flexibility index (Phi) is 7.30. The van der Waals surface area contributed by atoms with Gasteiger partial charge in [0.15, 0.2) is 0 Å². The summed E-state index contributed by atoms with van der Waals surface area (Å²) in [7, 11) is 0. The summed E-state index contributed by atoms with van der Waals surface area (Å²) < 4.78 is 6.75. The molecule has 0 aliphatic carbocycles. The van der Waals surface area contributed by atoms with Crippen molar-refractivity contribution in [3.63, 3.8) is 0 Å². The van der Waals surface area contributed by atoms with Gasteiger partial charge >= 0.3 is 200 Å². The van der Waals surface area contributed by atoms with Gasteiger partial charge in [0, 0.05) is 0 Å². The minimum atomic E-state index is -1.92. The van der Waals surface area contributed by atoms with Gasteiger partial charge in [0.2, 0.25) is 0 Å². The molecule has 0 atom stereocenters. The van der Waals surface area contributed by atoms with E-state index in [0.29, 0.717) is 11.8 Å². The van der Waals surface area contributed by atoms with Crippen molar-refractivity contribution in [3.05, 3.63) is 114 Å². The normalized spacial score (nSPS) is 12.4. The first-order valence-electron chi connectivity index (χ1n) is 15.8. The zero-order chi connectivity index (χ0) is 30.7. The number of nitrogens with zero attached hydrogens (tertiary/aromatic N) is 2. The molecule has 220 valence electrons. The first-order valence-corrected chi connectivity index (χ1v) is 23.9. The predicted molar refractivity (Wildman–Crippen MR) is 196 cm³/mol. The second-order valence-corrected chi connectivity index (χ2v) is 25.4. The first kappa shape index (κ1) is 29.1. The van der Waals surface area contributed by atoms with Crippen molar-refractivity contribution >= 4 is 60.2 Å². The molecule has 0 N–H and O–H groups in total. The van der Waals surface area contributed by atoms with Gasteiger partial charge in [0.25, 0.3) is 0 Å². The Labute approximate surface area is 267 Å². The molecule has 4 heteroatoms. The average Bonchev–Trinajstić information content (AvgIpc) is 3.58. The second-order valence-electron chi connectivity index (χ2n) is 13.7. The van der Waals surface area contributed by atoms with Crippen LogP contribution < -0.4 is 4.40 Å². The molecule has 2 aromatic heterocycles. The van der Waals surface area contributed by atoms with Crippen LogP contribution in [0.2, 0.25) is 17.3 Å². The van der Waals surface area contributed by atoms with E-state index in [0.717, 1.165) is 22.4 Å². The maximum absolute atomic E-state index is 5.33. The molecule has 0 unspecified atom stereocenters. The molecule has 0 saturated heterocycles. The number of rotatable bonds is 6. The number of fused-ring (bicyclic) bond motifs is 4. The van der Waals surface area contributed by atoms with Gasteiger partial charge < -0.3 is 0 Å². The van der Waals surface area contributed by atoms with Crippen LogP contribution in [0, 0.1) is 0 Å². The van der Waals surface area contributed by atoms with Crippen LogP contribution in [-0.2, 0) is 0 Å². The summed E-state index contributed by atoms with van der Waals surface area (Å²) in [6.45, 7) is 9.26. The van der Waals surface area contributed by atoms with Gasteiger partial charge in [0.05, 0.1) is 0 Å². The van der Waals surface area contributed by atoms with E-state index in [2.05, 4.69) is 153 Å². The molecule has 0 saturated carbocycles. The molecule has 0 amide bonds. The van der Waals surface area contributed by atoms with Crippen LogP contribution in [0.15, 0.2) is 103 Å². The molecular formula is C40H40GeN2S. The van der Waals surface area contributed by atoms with Crippen molar-refractivity contribution in [2.24, 2.45) is 0 Å². The molecule has 2 heterocycles. The molecule has 0 aliphatic heterocycles. The molecule has 7 aromatic rings. The molecule has 0 bridgehead atoms. The third kappa shape index (κ3) is 5.00. The number of hydrogen-bond donors (Lipinski definition) is 0. The summed E-state index contributed by atoms with van der Waals surface area (Å²) in [6, 6.07) is 38.4. The van der Waals surface area contributed by atoms with E-state index in [1.54, 1.807) is 4.40 Å². The zero-order valence-corrected chi connectivity index (χ0v) is 29.7. The Morgan fingerprint density at radius 2 is 1.30 bits per heavy atom. The zero-order valence-electron chi connectivity index (χ0n) is 26.8. The van der Waals surface area contributed by atoms with Gasteiger partial charge in [-0.15, -0.1) is 0 Å². The number of benzene rings is 5. The Hall–Kier alpha value is -3.67. The summed E-state index contributed by atoms with van der Waals surface area (Å²) >= 11 is -0.00213. The first-order chi connectivity index (χ1) is 21.1. The molecule has 44 heavy (non-hydrogen) atoms. The minimum absolute atomic E-state index is 0.338. The summed E-state index contributed by atoms with van der Waals surface area (Å²) in [5.74, 6) is 9.10. The molecule has 0 aliphatic rings. The van der Waals surface area contributed by atoms with Crippen LogP contribution in [0.1, 0.15) is 50.7 Å². The van der Waals surface area contributed by atoms with Crippen LogP contribution in [0.5, 0.6) is 0 Å². The average molecular weight is 653 g/mol. The van der Waals surface area contributed by atoms with E-state index in [1.165, 1.54) is 48.1 Å². The SMILES string of the molecule is CC(C)c1cc(-c2ccccc2)cc(C(C)C)c1-n1c(-c2ccc3sc4c[c]([Ge]([CH3])([CH3])[CH3])ccc4c3c2)nc2ccccc21. The summed E-state index contributed by atoms with van der Waals surface area (Å²) in [4.78, 5) is 5.33. The van der Waals surface area contributed by atoms with E-state index < -0.39 is 13.3 Å². The van der Waals surface area contributed by atoms with E-state index in [9.17, 15) is 0 Å². The monoisotopic (exact) mass is 654 g/mol. The number of hydrogen-bond acceptors (Lipinski definition) is 2. The van der Waals surface area contributed by atoms with Gasteiger partial charge in [0.1, 0.15) is 0 Å². The van der Waals surface area contributed by atoms with E-state index >= 15 is 0 Å². The summed E-state index contributed by atoms with van der Waals surface area (Å²) in [6.07, 6.45) is 0. The van der Waals surface area contributed by atoms with Crippen LogP contribution in [-0.4, -0.2) is 22.8 Å². The predicted octanol–water partition coefficient (Wildman–Crippen LogP) is 11.5. The molecule has 0 spiro atoms. The van der Waals surface area contributed by atoms with E-state index in [4.69, 9.17) is 4.98 Å². The summed E-state index contributed by atoms with van der Waals surface area (Å²) in [5, 5.41) is 2.67. The van der Waals surface area contributed by atoms with Gasteiger partial charge in [-0.05, 0) is 11.1 Å². The Morgan fingerprint density at radius 1 is 0.614 bits per heavy atom. The fraction of sp³-hybridized carbons (Fsp3) is 0.225. The van der Waals surface area contributed by atoms with Crippen molar-refractivity contribution in [1.29, 1.82) is 0 Å². The van der Waals surface area contributed by atoms with Crippen LogP contribution in [0.4, 0.5) is 0 Å². The van der Waals surface area contributed by atoms with Gasteiger partial charge in [-0.2, -0.15) is 0 Å². The molecule has 0 fully saturated rings. The Morgan fingerprint density at radius 3 is 1.98 bits per heavy atom. The van der Waals surface area contributed by atoms with Gasteiger partial charge in [-0.25, -0.2) is 0 Å². The number of thiophene rings is 1. The van der Waals surface area contributed by atoms with Gasteiger partial charge in [-0.3, -0.25) is 0 Å². The molecule has 2 nitrogen and oxygen atoms in total. The van der Waals surface area contributed by atoms with Crippen molar-refractivity contribution in [2.75, 3.05) is 0 Å². The second kappa shape index (κ2) is 11.0. The van der Waals surface area contributed by atoms with Crippen LogP contribution in [0.25, 0.3) is 59.4 Å². The van der Waals surface area contributed by atoms with Crippen molar-refractivity contribution < 1.29 is 0 Å². The number of imidazole rings is 1. The molecule has 7 rings (SSSR count). The summed E-state index contributed by atoms with van der Waals surface area (Å²) in [5.41, 5.74) is 9.83. The number of aromatic nitrogens is 2. The quantitative estimate of drug-likeness (QED) is 0.163. The fourth-order valence-corrected chi connectivity index (χ4v) is 10.2. The van der Waals surface area contributed by atoms with Crippen molar-refractivity contribution in [1.82, 2.24) is 9.55 Å². The maximum atomic E-state index is 5.33. The number of para-hydroxylation sites is 2. The Bertz CT molecular complexity index is 2130. The van der Waals surface area contributed by atoms with Crippen LogP contribution in [0.3, 0.4) is 0 Å². The molecule has 5 aromatic carbocycles. The Balaban J connectivity index is 1.51. The fourth-order valence-electron chi connectivity index (χ4n) is 6.44. The topological polar surface area (TPSA) is 17.8 Å². The van der Waals surface area contributed by atoms with E-state index in [1.807, 2.05) is 11.3 Å². The molecular weight excluding hydrogens is 613 g/mol. The van der Waals surface area contributed by atoms with Gasteiger partial charge in [-0.1, -0.05) is 58.0 Å². The molecule has 0 radical (unpaired) electrons. The van der Waals surface area contributed by atoms with Crippen molar-refractivity contribution in [2.45, 2.75) is 56.8 Å².